The number of aryl methyl sites for hydroxylation is 2. The summed E-state index contributed by atoms with van der Waals surface area (Å²) in [6, 6.07) is 18.8. The zero-order chi connectivity index (χ0) is 24.6. The number of rotatable bonds is 6. The Morgan fingerprint density at radius 3 is 2.51 bits per heavy atom. The monoisotopic (exact) mass is 485 g/mol. The summed E-state index contributed by atoms with van der Waals surface area (Å²) in [5, 5.41) is 8.19. The number of amides is 1. The second-order valence-electron chi connectivity index (χ2n) is 8.31. The number of pyridine rings is 1. The number of hydrogen-bond donors (Lipinski definition) is 2. The molecule has 0 aliphatic heterocycles. The summed E-state index contributed by atoms with van der Waals surface area (Å²) in [4.78, 5) is 20.0. The van der Waals surface area contributed by atoms with E-state index in [1.807, 2.05) is 32.0 Å². The first-order valence-corrected chi connectivity index (χ1v) is 12.5. The first-order valence-electron chi connectivity index (χ1n) is 11.0. The zero-order valence-corrected chi connectivity index (χ0v) is 20.0. The number of H-pyrrole nitrogens is 1. The fourth-order valence-electron chi connectivity index (χ4n) is 3.97. The van der Waals surface area contributed by atoms with Crippen LogP contribution in [0.5, 0.6) is 0 Å². The number of hydrogen-bond acceptors (Lipinski definition) is 5. The molecule has 0 fully saturated rings. The van der Waals surface area contributed by atoms with Crippen LogP contribution in [0.4, 0.5) is 0 Å². The Labute approximate surface area is 202 Å². The minimum absolute atomic E-state index is 0.182. The highest BCUT2D eigenvalue weighted by molar-refractivity contribution is 7.91. The molecule has 0 radical (unpaired) electrons. The number of aromatic nitrogens is 4. The van der Waals surface area contributed by atoms with Crippen molar-refractivity contribution in [1.29, 1.82) is 0 Å². The zero-order valence-electron chi connectivity index (χ0n) is 19.2. The molecular formula is C26H23N5O3S. The Kier molecular flexibility index (Phi) is 5.70. The number of fused-ring (bicyclic) bond motifs is 1. The van der Waals surface area contributed by atoms with E-state index in [4.69, 9.17) is 0 Å². The van der Waals surface area contributed by atoms with Crippen molar-refractivity contribution in [3.05, 3.63) is 102 Å². The Bertz CT molecular complexity index is 1620. The maximum atomic E-state index is 13.2. The summed E-state index contributed by atoms with van der Waals surface area (Å²) in [6.45, 7) is 4.08. The molecule has 2 N–H and O–H groups in total. The van der Waals surface area contributed by atoms with E-state index < -0.39 is 9.84 Å². The topological polar surface area (TPSA) is 110 Å². The quantitative estimate of drug-likeness (QED) is 0.376. The molecule has 35 heavy (non-hydrogen) atoms. The van der Waals surface area contributed by atoms with Gasteiger partial charge in [-0.1, -0.05) is 18.2 Å². The fraction of sp³-hybridized carbons (Fsp3) is 0.115. The van der Waals surface area contributed by atoms with Gasteiger partial charge in [-0.3, -0.25) is 9.78 Å². The molecule has 3 heterocycles. The van der Waals surface area contributed by atoms with Gasteiger partial charge in [0.15, 0.2) is 0 Å². The summed E-state index contributed by atoms with van der Waals surface area (Å²) in [6.07, 6.45) is 3.33. The van der Waals surface area contributed by atoms with Crippen LogP contribution < -0.4 is 5.32 Å². The largest absolute Gasteiger partial charge is 0.349 e. The Balaban J connectivity index is 1.31. The van der Waals surface area contributed by atoms with Crippen molar-refractivity contribution >= 4 is 26.6 Å². The van der Waals surface area contributed by atoms with Gasteiger partial charge in [-0.15, -0.1) is 0 Å². The molecular weight excluding hydrogens is 462 g/mol. The molecule has 8 nitrogen and oxygen atoms in total. The highest BCUT2D eigenvalue weighted by atomic mass is 32.2. The summed E-state index contributed by atoms with van der Waals surface area (Å²) in [7, 11) is -3.72. The molecule has 0 unspecified atom stereocenters. The molecule has 5 aromatic rings. The number of aromatic amines is 1. The standard InChI is InChI=1S/C26H23N5O3S/c1-17-12-18(2)31(30-17)21-4-3-5-23(14-21)35(33,34)22-8-6-19(7-9-22)15-28-26(32)24-13-20-10-11-27-16-25(20)29-24/h3-14,16,29H,15H2,1-2H3,(H,28,32). The van der Waals surface area contributed by atoms with Crippen molar-refractivity contribution < 1.29 is 13.2 Å². The normalized spacial score (nSPS) is 11.6. The van der Waals surface area contributed by atoms with Gasteiger partial charge in [0.25, 0.3) is 5.91 Å². The van der Waals surface area contributed by atoms with E-state index in [9.17, 15) is 13.2 Å². The van der Waals surface area contributed by atoms with Crippen LogP contribution in [0, 0.1) is 13.8 Å². The number of benzene rings is 2. The summed E-state index contributed by atoms with van der Waals surface area (Å²) >= 11 is 0. The average Bonchev–Trinajstić information content (AvgIpc) is 3.45. The van der Waals surface area contributed by atoms with E-state index >= 15 is 0 Å². The van der Waals surface area contributed by atoms with Crippen LogP contribution in [-0.4, -0.2) is 34.1 Å². The van der Waals surface area contributed by atoms with Crippen LogP contribution in [0.25, 0.3) is 16.6 Å². The van der Waals surface area contributed by atoms with Gasteiger partial charge in [0.2, 0.25) is 9.84 Å². The molecule has 176 valence electrons. The number of carbonyl (C=O) groups is 1. The molecule has 5 rings (SSSR count). The average molecular weight is 486 g/mol. The predicted molar refractivity (Wildman–Crippen MR) is 132 cm³/mol. The third-order valence-corrected chi connectivity index (χ3v) is 7.50. The molecule has 9 heteroatoms. The lowest BCUT2D eigenvalue weighted by atomic mass is 10.2. The van der Waals surface area contributed by atoms with E-state index in [1.54, 1.807) is 65.6 Å². The molecule has 0 atom stereocenters. The summed E-state index contributed by atoms with van der Waals surface area (Å²) in [5.41, 5.74) is 4.48. The van der Waals surface area contributed by atoms with E-state index in [0.717, 1.165) is 27.9 Å². The molecule has 0 aliphatic rings. The molecule has 0 saturated heterocycles. The predicted octanol–water partition coefficient (Wildman–Crippen LogP) is 4.13. The summed E-state index contributed by atoms with van der Waals surface area (Å²) < 4.78 is 28.2. The third kappa shape index (κ3) is 4.45. The number of sulfone groups is 1. The van der Waals surface area contributed by atoms with Gasteiger partial charge >= 0.3 is 0 Å². The van der Waals surface area contributed by atoms with Crippen molar-refractivity contribution in [2.75, 3.05) is 0 Å². The van der Waals surface area contributed by atoms with Crippen LogP contribution in [0.2, 0.25) is 0 Å². The minimum atomic E-state index is -3.72. The van der Waals surface area contributed by atoms with Gasteiger partial charge in [-0.25, -0.2) is 13.1 Å². The minimum Gasteiger partial charge on any atom is -0.349 e. The van der Waals surface area contributed by atoms with Gasteiger partial charge in [-0.2, -0.15) is 5.10 Å². The molecule has 2 aromatic carbocycles. The second-order valence-corrected chi connectivity index (χ2v) is 10.3. The van der Waals surface area contributed by atoms with Crippen molar-refractivity contribution in [1.82, 2.24) is 25.1 Å². The van der Waals surface area contributed by atoms with Crippen molar-refractivity contribution in [3.63, 3.8) is 0 Å². The van der Waals surface area contributed by atoms with Crippen molar-refractivity contribution in [3.8, 4) is 5.69 Å². The first-order chi connectivity index (χ1) is 16.8. The number of nitrogens with zero attached hydrogens (tertiary/aromatic N) is 3. The molecule has 0 spiro atoms. The highest BCUT2D eigenvalue weighted by Gasteiger charge is 2.19. The summed E-state index contributed by atoms with van der Waals surface area (Å²) in [5.74, 6) is -0.251. The molecule has 0 saturated carbocycles. The van der Waals surface area contributed by atoms with Gasteiger partial charge in [0.1, 0.15) is 5.69 Å². The van der Waals surface area contributed by atoms with Crippen LogP contribution >= 0.6 is 0 Å². The SMILES string of the molecule is Cc1cc(C)n(-c2cccc(S(=O)(=O)c3ccc(CNC(=O)c4cc5ccncc5[nH]4)cc3)c2)n1. The molecule has 3 aromatic heterocycles. The van der Waals surface area contributed by atoms with Crippen LogP contribution in [0.15, 0.2) is 88.9 Å². The molecule has 1 amide bonds. The van der Waals surface area contributed by atoms with Crippen LogP contribution in [-0.2, 0) is 16.4 Å². The van der Waals surface area contributed by atoms with Crippen LogP contribution in [0.3, 0.4) is 0 Å². The van der Waals surface area contributed by atoms with E-state index in [0.29, 0.717) is 11.4 Å². The van der Waals surface area contributed by atoms with Crippen molar-refractivity contribution in [2.24, 2.45) is 0 Å². The fourth-order valence-corrected chi connectivity index (χ4v) is 5.27. The Morgan fingerprint density at radius 2 is 1.80 bits per heavy atom. The highest BCUT2D eigenvalue weighted by Crippen LogP contribution is 2.24. The smallest absolute Gasteiger partial charge is 0.267 e. The van der Waals surface area contributed by atoms with E-state index in [2.05, 4.69) is 20.4 Å². The van der Waals surface area contributed by atoms with Gasteiger partial charge in [0, 0.05) is 23.8 Å². The second kappa shape index (κ2) is 8.84. The lowest BCUT2D eigenvalue weighted by Gasteiger charge is -2.10. The maximum absolute atomic E-state index is 13.2. The Morgan fingerprint density at radius 1 is 1.00 bits per heavy atom. The van der Waals surface area contributed by atoms with Gasteiger partial charge in [0.05, 0.1) is 32.9 Å². The number of nitrogens with one attached hydrogen (secondary N) is 2. The Hall–Kier alpha value is -4.24. The lowest BCUT2D eigenvalue weighted by molar-refractivity contribution is 0.0946. The third-order valence-electron chi connectivity index (χ3n) is 5.74. The van der Waals surface area contributed by atoms with Crippen molar-refractivity contribution in [2.45, 2.75) is 30.2 Å². The number of carbonyl (C=O) groups excluding carboxylic acids is 1. The van der Waals surface area contributed by atoms with E-state index in [-0.39, 0.29) is 22.2 Å². The maximum Gasteiger partial charge on any atom is 0.267 e. The molecule has 0 aliphatic carbocycles. The van der Waals surface area contributed by atoms with E-state index in [1.165, 1.54) is 0 Å². The molecule has 0 bridgehead atoms. The lowest BCUT2D eigenvalue weighted by Crippen LogP contribution is -2.23. The van der Waals surface area contributed by atoms with Gasteiger partial charge < -0.3 is 10.3 Å². The van der Waals surface area contributed by atoms with Crippen LogP contribution in [0.1, 0.15) is 27.4 Å². The first kappa shape index (κ1) is 22.5. The van der Waals surface area contributed by atoms with Gasteiger partial charge in [-0.05, 0) is 67.9 Å².